The summed E-state index contributed by atoms with van der Waals surface area (Å²) in [7, 11) is 0. The van der Waals surface area contributed by atoms with Crippen molar-refractivity contribution < 1.29 is 14.6 Å². The maximum Gasteiger partial charge on any atom is 0.391 e. The van der Waals surface area contributed by atoms with Crippen LogP contribution >= 0.6 is 0 Å². The SMILES string of the molecule is O=C(O)C1=NC(c2ccccc2)(c2ccccc2)CO1. The van der Waals surface area contributed by atoms with Gasteiger partial charge in [0.25, 0.3) is 5.90 Å². The van der Waals surface area contributed by atoms with E-state index in [9.17, 15) is 4.79 Å². The molecule has 0 aliphatic carbocycles. The van der Waals surface area contributed by atoms with Crippen molar-refractivity contribution in [2.45, 2.75) is 5.54 Å². The number of carboxylic acids is 1. The number of carboxylic acid groups (broad SMARTS) is 1. The minimum absolute atomic E-state index is 0.197. The normalized spacial score (nSPS) is 16.3. The van der Waals surface area contributed by atoms with Crippen LogP contribution in [0.4, 0.5) is 0 Å². The van der Waals surface area contributed by atoms with Crippen LogP contribution in [0.1, 0.15) is 11.1 Å². The summed E-state index contributed by atoms with van der Waals surface area (Å²) in [5, 5.41) is 9.08. The fourth-order valence-corrected chi connectivity index (χ4v) is 2.41. The van der Waals surface area contributed by atoms with E-state index >= 15 is 0 Å². The molecule has 0 spiro atoms. The molecule has 0 bridgehead atoms. The first-order valence-electron chi connectivity index (χ1n) is 6.29. The number of benzene rings is 2. The highest BCUT2D eigenvalue weighted by molar-refractivity contribution is 6.32. The van der Waals surface area contributed by atoms with Crippen molar-refractivity contribution in [3.05, 3.63) is 71.8 Å². The van der Waals surface area contributed by atoms with Gasteiger partial charge in [0.15, 0.2) is 0 Å². The fourth-order valence-electron chi connectivity index (χ4n) is 2.41. The van der Waals surface area contributed by atoms with Gasteiger partial charge in [-0.2, -0.15) is 0 Å². The molecule has 0 saturated heterocycles. The molecule has 4 heteroatoms. The molecule has 0 amide bonds. The second-order valence-corrected chi connectivity index (χ2v) is 4.60. The fraction of sp³-hybridized carbons (Fsp3) is 0.125. The standard InChI is InChI=1S/C16H13NO3/c18-15(19)14-17-16(11-20-14,12-7-3-1-4-8-12)13-9-5-2-6-10-13/h1-10H,11H2,(H,18,19). The van der Waals surface area contributed by atoms with E-state index in [1.807, 2.05) is 60.7 Å². The van der Waals surface area contributed by atoms with Crippen LogP contribution in [0, 0.1) is 0 Å². The van der Waals surface area contributed by atoms with Gasteiger partial charge >= 0.3 is 5.97 Å². The smallest absolute Gasteiger partial charge is 0.391 e. The van der Waals surface area contributed by atoms with Crippen molar-refractivity contribution in [2.24, 2.45) is 4.99 Å². The van der Waals surface area contributed by atoms with E-state index in [1.165, 1.54) is 0 Å². The van der Waals surface area contributed by atoms with E-state index in [4.69, 9.17) is 9.84 Å². The molecule has 0 saturated carbocycles. The van der Waals surface area contributed by atoms with E-state index in [0.717, 1.165) is 11.1 Å². The van der Waals surface area contributed by atoms with Gasteiger partial charge in [-0.15, -0.1) is 0 Å². The molecule has 20 heavy (non-hydrogen) atoms. The highest BCUT2D eigenvalue weighted by Crippen LogP contribution is 2.37. The van der Waals surface area contributed by atoms with Crippen molar-refractivity contribution >= 4 is 11.9 Å². The third-order valence-electron chi connectivity index (χ3n) is 3.40. The number of rotatable bonds is 3. The highest BCUT2D eigenvalue weighted by Gasteiger charge is 2.41. The van der Waals surface area contributed by atoms with Crippen molar-refractivity contribution in [3.8, 4) is 0 Å². The Morgan fingerprint density at radius 1 is 1.00 bits per heavy atom. The highest BCUT2D eigenvalue weighted by atomic mass is 16.5. The molecule has 1 aliphatic heterocycles. The monoisotopic (exact) mass is 267 g/mol. The predicted octanol–water partition coefficient (Wildman–Crippen LogP) is 2.44. The van der Waals surface area contributed by atoms with Crippen LogP contribution in [0.5, 0.6) is 0 Å². The molecular formula is C16H13NO3. The van der Waals surface area contributed by atoms with Crippen molar-refractivity contribution in [1.29, 1.82) is 0 Å². The quantitative estimate of drug-likeness (QED) is 0.929. The number of ether oxygens (including phenoxy) is 1. The second-order valence-electron chi connectivity index (χ2n) is 4.60. The van der Waals surface area contributed by atoms with E-state index in [2.05, 4.69) is 4.99 Å². The zero-order valence-electron chi connectivity index (χ0n) is 10.7. The number of aliphatic imine (C=N–C) groups is 1. The first kappa shape index (κ1) is 12.4. The molecule has 1 aliphatic rings. The molecule has 100 valence electrons. The third-order valence-corrected chi connectivity index (χ3v) is 3.40. The molecule has 0 aromatic heterocycles. The van der Waals surface area contributed by atoms with Gasteiger partial charge in [0.2, 0.25) is 0 Å². The Morgan fingerprint density at radius 3 is 1.90 bits per heavy atom. The molecule has 2 aromatic carbocycles. The summed E-state index contributed by atoms with van der Waals surface area (Å²) in [4.78, 5) is 15.5. The molecule has 0 radical (unpaired) electrons. The van der Waals surface area contributed by atoms with Crippen LogP contribution in [0.3, 0.4) is 0 Å². The number of carbonyl (C=O) groups is 1. The summed E-state index contributed by atoms with van der Waals surface area (Å²) in [6.45, 7) is 0.197. The maximum absolute atomic E-state index is 11.1. The van der Waals surface area contributed by atoms with Crippen molar-refractivity contribution in [2.75, 3.05) is 6.61 Å². The van der Waals surface area contributed by atoms with E-state index in [-0.39, 0.29) is 12.5 Å². The molecule has 1 heterocycles. The summed E-state index contributed by atoms with van der Waals surface area (Å²) in [6, 6.07) is 19.2. The maximum atomic E-state index is 11.1. The Bertz CT molecular complexity index is 610. The third kappa shape index (κ3) is 1.95. The lowest BCUT2D eigenvalue weighted by molar-refractivity contribution is -0.130. The lowest BCUT2D eigenvalue weighted by Crippen LogP contribution is -2.26. The van der Waals surface area contributed by atoms with Crippen LogP contribution in [0.25, 0.3) is 0 Å². The van der Waals surface area contributed by atoms with Crippen LogP contribution in [0.2, 0.25) is 0 Å². The number of hydrogen-bond donors (Lipinski definition) is 1. The van der Waals surface area contributed by atoms with Gasteiger partial charge in [-0.25, -0.2) is 9.79 Å². The summed E-state index contributed by atoms with van der Waals surface area (Å²) in [6.07, 6.45) is 0. The Hall–Kier alpha value is -2.62. The number of hydrogen-bond acceptors (Lipinski definition) is 3. The lowest BCUT2D eigenvalue weighted by atomic mass is 9.84. The summed E-state index contributed by atoms with van der Waals surface area (Å²) < 4.78 is 5.29. The Balaban J connectivity index is 2.18. The van der Waals surface area contributed by atoms with Gasteiger partial charge in [-0.05, 0) is 11.1 Å². The first-order chi connectivity index (χ1) is 9.72. The Kier molecular flexibility index (Phi) is 2.99. The molecule has 2 aromatic rings. The van der Waals surface area contributed by atoms with E-state index < -0.39 is 11.5 Å². The lowest BCUT2D eigenvalue weighted by Gasteiger charge is -2.25. The topological polar surface area (TPSA) is 58.9 Å². The van der Waals surface area contributed by atoms with Gasteiger partial charge in [-0.3, -0.25) is 0 Å². The van der Waals surface area contributed by atoms with E-state index in [0.29, 0.717) is 0 Å². The average molecular weight is 267 g/mol. The van der Waals surface area contributed by atoms with Gasteiger partial charge in [0, 0.05) is 0 Å². The van der Waals surface area contributed by atoms with Gasteiger partial charge in [0.1, 0.15) is 12.1 Å². The molecule has 4 nitrogen and oxygen atoms in total. The second kappa shape index (κ2) is 4.81. The zero-order valence-corrected chi connectivity index (χ0v) is 10.7. The minimum Gasteiger partial charge on any atom is -0.474 e. The van der Waals surface area contributed by atoms with Crippen molar-refractivity contribution in [3.63, 3.8) is 0 Å². The average Bonchev–Trinajstić information content (AvgIpc) is 2.96. The van der Waals surface area contributed by atoms with E-state index in [1.54, 1.807) is 0 Å². The molecule has 0 unspecified atom stereocenters. The molecule has 1 N–H and O–H groups in total. The summed E-state index contributed by atoms with van der Waals surface area (Å²) in [5.74, 6) is -1.38. The first-order valence-corrected chi connectivity index (χ1v) is 6.29. The Labute approximate surface area is 116 Å². The summed E-state index contributed by atoms with van der Waals surface area (Å²) >= 11 is 0. The largest absolute Gasteiger partial charge is 0.474 e. The predicted molar refractivity (Wildman–Crippen MR) is 74.7 cm³/mol. The molecule has 0 atom stereocenters. The zero-order chi connectivity index (χ0) is 14.0. The number of nitrogens with zero attached hydrogens (tertiary/aromatic N) is 1. The van der Waals surface area contributed by atoms with Crippen LogP contribution in [0.15, 0.2) is 65.7 Å². The molecule has 3 rings (SSSR count). The number of aliphatic carboxylic acids is 1. The minimum atomic E-state index is -1.14. The van der Waals surface area contributed by atoms with Crippen LogP contribution < -0.4 is 0 Å². The van der Waals surface area contributed by atoms with Gasteiger partial charge in [-0.1, -0.05) is 60.7 Å². The van der Waals surface area contributed by atoms with Crippen LogP contribution in [-0.4, -0.2) is 23.6 Å². The van der Waals surface area contributed by atoms with Crippen LogP contribution in [-0.2, 0) is 15.1 Å². The van der Waals surface area contributed by atoms with Gasteiger partial charge in [0.05, 0.1) is 0 Å². The summed E-state index contributed by atoms with van der Waals surface area (Å²) in [5.41, 5.74) is 1.06. The van der Waals surface area contributed by atoms with Gasteiger partial charge < -0.3 is 9.84 Å². The molecular weight excluding hydrogens is 254 g/mol. The Morgan fingerprint density at radius 2 is 1.50 bits per heavy atom. The molecule has 0 fully saturated rings. The van der Waals surface area contributed by atoms with Crippen molar-refractivity contribution in [1.82, 2.24) is 0 Å².